The second kappa shape index (κ2) is 9.08. The minimum absolute atomic E-state index is 0.283. The van der Waals surface area contributed by atoms with Crippen molar-refractivity contribution < 1.29 is 9.18 Å². The molecule has 1 amide bonds. The number of allylic oxidation sites excluding steroid dienone is 1. The SMILES string of the molecule is O=C(NCc1ccc(F)cc1)c1cc(NCCC2=CCCCC2)ncn1. The van der Waals surface area contributed by atoms with Gasteiger partial charge in [-0.05, 0) is 49.8 Å². The zero-order chi connectivity index (χ0) is 18.2. The van der Waals surface area contributed by atoms with Crippen LogP contribution in [0, 0.1) is 5.82 Å². The zero-order valence-electron chi connectivity index (χ0n) is 14.7. The number of carbonyl (C=O) groups excluding carboxylic acids is 1. The summed E-state index contributed by atoms with van der Waals surface area (Å²) in [4.78, 5) is 20.4. The largest absolute Gasteiger partial charge is 0.370 e. The van der Waals surface area contributed by atoms with Gasteiger partial charge < -0.3 is 10.6 Å². The van der Waals surface area contributed by atoms with E-state index in [0.717, 1.165) is 18.5 Å². The third-order valence-corrected chi connectivity index (χ3v) is 4.40. The Bertz CT molecular complexity index is 774. The average Bonchev–Trinajstić information content (AvgIpc) is 2.68. The van der Waals surface area contributed by atoms with Crippen molar-refractivity contribution in [2.75, 3.05) is 11.9 Å². The number of aromatic nitrogens is 2. The first-order valence-electron chi connectivity index (χ1n) is 8.97. The molecule has 0 saturated carbocycles. The molecular weight excluding hydrogens is 331 g/mol. The third-order valence-electron chi connectivity index (χ3n) is 4.40. The van der Waals surface area contributed by atoms with Crippen LogP contribution >= 0.6 is 0 Å². The molecule has 26 heavy (non-hydrogen) atoms. The van der Waals surface area contributed by atoms with Crippen LogP contribution in [0.4, 0.5) is 10.2 Å². The molecular formula is C20H23FN4O. The summed E-state index contributed by atoms with van der Waals surface area (Å²) in [5.74, 6) is 0.0636. The Kier molecular flexibility index (Phi) is 6.30. The number of halogens is 1. The molecule has 0 fully saturated rings. The summed E-state index contributed by atoms with van der Waals surface area (Å²) in [5.41, 5.74) is 2.63. The molecule has 1 aliphatic rings. The van der Waals surface area contributed by atoms with Gasteiger partial charge in [0, 0.05) is 19.2 Å². The van der Waals surface area contributed by atoms with Gasteiger partial charge in [0.25, 0.3) is 5.91 Å². The Morgan fingerprint density at radius 3 is 2.77 bits per heavy atom. The van der Waals surface area contributed by atoms with Gasteiger partial charge >= 0.3 is 0 Å². The lowest BCUT2D eigenvalue weighted by molar-refractivity contribution is 0.0946. The molecule has 0 spiro atoms. The van der Waals surface area contributed by atoms with Gasteiger partial charge in [-0.3, -0.25) is 4.79 Å². The van der Waals surface area contributed by atoms with E-state index in [1.807, 2.05) is 0 Å². The van der Waals surface area contributed by atoms with Gasteiger partial charge in [0.05, 0.1) is 0 Å². The Morgan fingerprint density at radius 1 is 1.15 bits per heavy atom. The highest BCUT2D eigenvalue weighted by molar-refractivity contribution is 5.92. The number of amides is 1. The fraction of sp³-hybridized carbons (Fsp3) is 0.350. The maximum absolute atomic E-state index is 12.9. The second-order valence-corrected chi connectivity index (χ2v) is 6.38. The molecule has 1 aromatic heterocycles. The Labute approximate surface area is 152 Å². The van der Waals surface area contributed by atoms with Crippen molar-refractivity contribution >= 4 is 11.7 Å². The first-order valence-corrected chi connectivity index (χ1v) is 8.97. The van der Waals surface area contributed by atoms with Gasteiger partial charge in [-0.1, -0.05) is 23.8 Å². The summed E-state index contributed by atoms with van der Waals surface area (Å²) in [7, 11) is 0. The second-order valence-electron chi connectivity index (χ2n) is 6.38. The lowest BCUT2D eigenvalue weighted by Crippen LogP contribution is -2.24. The maximum atomic E-state index is 12.9. The summed E-state index contributed by atoms with van der Waals surface area (Å²) in [6.45, 7) is 1.11. The van der Waals surface area contributed by atoms with E-state index in [9.17, 15) is 9.18 Å². The van der Waals surface area contributed by atoms with Gasteiger partial charge in [0.1, 0.15) is 23.7 Å². The van der Waals surface area contributed by atoms with Crippen molar-refractivity contribution in [2.45, 2.75) is 38.6 Å². The van der Waals surface area contributed by atoms with E-state index in [-0.39, 0.29) is 11.7 Å². The van der Waals surface area contributed by atoms with Gasteiger partial charge in [0.15, 0.2) is 0 Å². The quantitative estimate of drug-likeness (QED) is 0.741. The number of rotatable bonds is 7. The van der Waals surface area contributed by atoms with Crippen LogP contribution in [0.5, 0.6) is 0 Å². The summed E-state index contributed by atoms with van der Waals surface area (Å²) in [6, 6.07) is 7.67. The van der Waals surface area contributed by atoms with Crippen LogP contribution in [-0.4, -0.2) is 22.4 Å². The Hall–Kier alpha value is -2.76. The van der Waals surface area contributed by atoms with Crippen LogP contribution in [0.25, 0.3) is 0 Å². The first-order chi connectivity index (χ1) is 12.7. The van der Waals surface area contributed by atoms with E-state index in [4.69, 9.17) is 0 Å². The Balaban J connectivity index is 1.50. The van der Waals surface area contributed by atoms with Crippen LogP contribution in [0.2, 0.25) is 0 Å². The summed E-state index contributed by atoms with van der Waals surface area (Å²) in [6.07, 6.45) is 9.64. The summed E-state index contributed by atoms with van der Waals surface area (Å²) >= 11 is 0. The standard InChI is InChI=1S/C20H23FN4O/c21-17-8-6-16(7-9-17)13-23-20(26)18-12-19(25-14-24-18)22-11-10-15-4-2-1-3-5-15/h4,6-9,12,14H,1-3,5,10-11,13H2,(H,23,26)(H,22,24,25). The van der Waals surface area contributed by atoms with Crippen LogP contribution in [0.1, 0.15) is 48.2 Å². The first kappa shape index (κ1) is 18.0. The molecule has 0 atom stereocenters. The minimum Gasteiger partial charge on any atom is -0.370 e. The van der Waals surface area contributed by atoms with E-state index in [1.54, 1.807) is 18.2 Å². The maximum Gasteiger partial charge on any atom is 0.270 e. The van der Waals surface area contributed by atoms with Crippen molar-refractivity contribution in [2.24, 2.45) is 0 Å². The van der Waals surface area contributed by atoms with E-state index in [1.165, 1.54) is 49.7 Å². The topological polar surface area (TPSA) is 66.9 Å². The van der Waals surface area contributed by atoms with Crippen molar-refractivity contribution in [1.82, 2.24) is 15.3 Å². The van der Waals surface area contributed by atoms with E-state index in [0.29, 0.717) is 18.1 Å². The van der Waals surface area contributed by atoms with E-state index >= 15 is 0 Å². The molecule has 0 unspecified atom stereocenters. The van der Waals surface area contributed by atoms with Crippen LogP contribution < -0.4 is 10.6 Å². The number of carbonyl (C=O) groups is 1. The number of hydrogen-bond acceptors (Lipinski definition) is 4. The predicted octanol–water partition coefficient (Wildman–Crippen LogP) is 3.85. The molecule has 1 aromatic carbocycles. The lowest BCUT2D eigenvalue weighted by atomic mass is 9.97. The highest BCUT2D eigenvalue weighted by Gasteiger charge is 2.09. The number of anilines is 1. The highest BCUT2D eigenvalue weighted by Crippen LogP contribution is 2.20. The molecule has 1 aliphatic carbocycles. The Morgan fingerprint density at radius 2 is 2.00 bits per heavy atom. The van der Waals surface area contributed by atoms with Crippen molar-refractivity contribution in [3.63, 3.8) is 0 Å². The van der Waals surface area contributed by atoms with Gasteiger partial charge in [-0.25, -0.2) is 14.4 Å². The van der Waals surface area contributed by atoms with Crippen LogP contribution in [-0.2, 0) is 6.54 Å². The van der Waals surface area contributed by atoms with E-state index < -0.39 is 0 Å². The van der Waals surface area contributed by atoms with E-state index in [2.05, 4.69) is 26.7 Å². The predicted molar refractivity (Wildman–Crippen MR) is 99.3 cm³/mol. The molecule has 2 aromatic rings. The molecule has 3 rings (SSSR count). The van der Waals surface area contributed by atoms with Crippen LogP contribution in [0.3, 0.4) is 0 Å². The van der Waals surface area contributed by atoms with Crippen LogP contribution in [0.15, 0.2) is 48.3 Å². The smallest absolute Gasteiger partial charge is 0.270 e. The zero-order valence-corrected chi connectivity index (χ0v) is 14.7. The molecule has 0 radical (unpaired) electrons. The summed E-state index contributed by atoms with van der Waals surface area (Å²) in [5, 5.41) is 6.03. The highest BCUT2D eigenvalue weighted by atomic mass is 19.1. The number of hydrogen-bond donors (Lipinski definition) is 2. The van der Waals surface area contributed by atoms with Gasteiger partial charge in [0.2, 0.25) is 0 Å². The van der Waals surface area contributed by atoms with Crippen molar-refractivity contribution in [3.8, 4) is 0 Å². The molecule has 136 valence electrons. The molecule has 5 nitrogen and oxygen atoms in total. The minimum atomic E-state index is -0.296. The number of nitrogens with one attached hydrogen (secondary N) is 2. The summed E-state index contributed by atoms with van der Waals surface area (Å²) < 4.78 is 12.9. The van der Waals surface area contributed by atoms with Gasteiger partial charge in [-0.15, -0.1) is 0 Å². The molecule has 2 N–H and O–H groups in total. The molecule has 0 bridgehead atoms. The number of benzene rings is 1. The number of nitrogens with zero attached hydrogens (tertiary/aromatic N) is 2. The molecule has 6 heteroatoms. The molecule has 0 aliphatic heterocycles. The van der Waals surface area contributed by atoms with Crippen molar-refractivity contribution in [3.05, 3.63) is 65.4 Å². The van der Waals surface area contributed by atoms with Crippen molar-refractivity contribution in [1.29, 1.82) is 0 Å². The third kappa shape index (κ3) is 5.37. The molecule has 0 saturated heterocycles. The monoisotopic (exact) mass is 354 g/mol. The fourth-order valence-electron chi connectivity index (χ4n) is 2.94. The fourth-order valence-corrected chi connectivity index (χ4v) is 2.94. The molecule has 1 heterocycles. The average molecular weight is 354 g/mol. The van der Waals surface area contributed by atoms with Gasteiger partial charge in [-0.2, -0.15) is 0 Å². The normalized spacial score (nSPS) is 13.8. The lowest BCUT2D eigenvalue weighted by Gasteiger charge is -2.13.